The number of nitro benzene ring substituents is 1. The van der Waals surface area contributed by atoms with E-state index in [1.807, 2.05) is 0 Å². The van der Waals surface area contributed by atoms with Crippen molar-refractivity contribution < 1.29 is 43.5 Å². The maximum atomic E-state index is 11.8. The highest BCUT2D eigenvalue weighted by molar-refractivity contribution is 7.86. The summed E-state index contributed by atoms with van der Waals surface area (Å²) in [7, 11) is -10.5. The van der Waals surface area contributed by atoms with Crippen LogP contribution in [-0.4, -0.2) is 77.8 Å². The SMILES string of the molecule is CN(CCS(=O)(=O)O)c1nc(Cc2ccccc2S(=O)(=O)O)nc(Nc2ccc(Cl)c([N+](=O)[O-])c2)n1.O=S(=O)=O. The molecule has 3 rings (SSSR count). The molecular formula is C19H19ClN6O11S3. The quantitative estimate of drug-likeness (QED) is 0.161. The van der Waals surface area contributed by atoms with Crippen molar-refractivity contribution in [3.05, 3.63) is 69.0 Å². The molecule has 0 fully saturated rings. The van der Waals surface area contributed by atoms with E-state index >= 15 is 0 Å². The molecule has 1 aromatic heterocycles. The van der Waals surface area contributed by atoms with Crippen molar-refractivity contribution in [2.75, 3.05) is 29.6 Å². The average Bonchev–Trinajstić information content (AvgIpc) is 2.82. The van der Waals surface area contributed by atoms with E-state index in [9.17, 15) is 31.5 Å². The molecule has 40 heavy (non-hydrogen) atoms. The van der Waals surface area contributed by atoms with Gasteiger partial charge in [0.05, 0.1) is 15.6 Å². The molecule has 0 saturated carbocycles. The van der Waals surface area contributed by atoms with Crippen LogP contribution in [0.1, 0.15) is 11.4 Å². The van der Waals surface area contributed by atoms with Gasteiger partial charge in [-0.25, -0.2) is 0 Å². The van der Waals surface area contributed by atoms with Gasteiger partial charge in [-0.05, 0) is 23.8 Å². The number of benzene rings is 2. The van der Waals surface area contributed by atoms with E-state index in [-0.39, 0.29) is 57.5 Å². The zero-order valence-electron chi connectivity index (χ0n) is 20.1. The molecule has 0 atom stereocenters. The van der Waals surface area contributed by atoms with Crippen LogP contribution in [0.25, 0.3) is 0 Å². The molecular weight excluding hydrogens is 620 g/mol. The van der Waals surface area contributed by atoms with Gasteiger partial charge in [-0.3, -0.25) is 19.2 Å². The first-order valence-electron chi connectivity index (χ1n) is 10.4. The molecule has 216 valence electrons. The van der Waals surface area contributed by atoms with E-state index in [1.54, 1.807) is 6.07 Å². The molecule has 0 spiro atoms. The Hall–Kier alpha value is -3.82. The third-order valence-corrected chi connectivity index (χ3v) is 6.67. The van der Waals surface area contributed by atoms with Crippen molar-refractivity contribution in [3.63, 3.8) is 0 Å². The van der Waals surface area contributed by atoms with Gasteiger partial charge in [-0.15, -0.1) is 12.6 Å². The highest BCUT2D eigenvalue weighted by Crippen LogP contribution is 2.29. The normalized spacial score (nSPS) is 11.2. The molecule has 17 nitrogen and oxygen atoms in total. The van der Waals surface area contributed by atoms with Gasteiger partial charge < -0.3 is 10.2 Å². The zero-order chi connectivity index (χ0) is 30.3. The lowest BCUT2D eigenvalue weighted by molar-refractivity contribution is -0.384. The molecule has 0 unspecified atom stereocenters. The van der Waals surface area contributed by atoms with Crippen LogP contribution in [0.5, 0.6) is 0 Å². The summed E-state index contributed by atoms with van der Waals surface area (Å²) in [6.45, 7) is -0.199. The van der Waals surface area contributed by atoms with E-state index in [0.29, 0.717) is 0 Å². The van der Waals surface area contributed by atoms with E-state index in [2.05, 4.69) is 20.3 Å². The summed E-state index contributed by atoms with van der Waals surface area (Å²) in [5.41, 5.74) is 0.00228. The van der Waals surface area contributed by atoms with Gasteiger partial charge in [-0.2, -0.15) is 31.8 Å². The first-order chi connectivity index (χ1) is 18.5. The Kier molecular flexibility index (Phi) is 10.9. The highest BCUT2D eigenvalue weighted by atomic mass is 35.5. The minimum absolute atomic E-state index is 0.0285. The third-order valence-electron chi connectivity index (χ3n) is 4.69. The summed E-state index contributed by atoms with van der Waals surface area (Å²) in [6, 6.07) is 9.52. The van der Waals surface area contributed by atoms with Crippen LogP contribution >= 0.6 is 11.6 Å². The molecule has 0 aliphatic rings. The van der Waals surface area contributed by atoms with E-state index in [4.69, 9.17) is 28.8 Å². The Morgan fingerprint density at radius 2 is 1.68 bits per heavy atom. The van der Waals surface area contributed by atoms with Crippen molar-refractivity contribution in [1.29, 1.82) is 0 Å². The molecule has 21 heteroatoms. The van der Waals surface area contributed by atoms with Crippen molar-refractivity contribution in [2.45, 2.75) is 11.3 Å². The van der Waals surface area contributed by atoms with Crippen LogP contribution in [0.4, 0.5) is 23.3 Å². The Labute approximate surface area is 233 Å². The summed E-state index contributed by atoms with van der Waals surface area (Å²) in [6.07, 6.45) is -0.174. The lowest BCUT2D eigenvalue weighted by Gasteiger charge is -2.18. The van der Waals surface area contributed by atoms with Gasteiger partial charge in [0.2, 0.25) is 11.9 Å². The van der Waals surface area contributed by atoms with Crippen molar-refractivity contribution in [1.82, 2.24) is 15.0 Å². The molecule has 0 amide bonds. The van der Waals surface area contributed by atoms with Gasteiger partial charge in [0.15, 0.2) is 0 Å². The lowest BCUT2D eigenvalue weighted by atomic mass is 10.1. The van der Waals surface area contributed by atoms with Crippen LogP contribution in [-0.2, 0) is 37.3 Å². The number of hydrogen-bond acceptors (Lipinski definition) is 14. The molecule has 3 aromatic rings. The van der Waals surface area contributed by atoms with Crippen LogP contribution < -0.4 is 10.2 Å². The van der Waals surface area contributed by atoms with E-state index in [0.717, 1.165) is 6.07 Å². The second-order valence-electron chi connectivity index (χ2n) is 7.59. The monoisotopic (exact) mass is 638 g/mol. The number of nitrogens with zero attached hydrogens (tertiary/aromatic N) is 5. The van der Waals surface area contributed by atoms with Gasteiger partial charge in [-0.1, -0.05) is 29.8 Å². The predicted molar refractivity (Wildman–Crippen MR) is 140 cm³/mol. The zero-order valence-corrected chi connectivity index (χ0v) is 23.3. The third kappa shape index (κ3) is 10.4. The van der Waals surface area contributed by atoms with Crippen LogP contribution in [0.15, 0.2) is 47.4 Å². The Balaban J connectivity index is 0.00000131. The summed E-state index contributed by atoms with van der Waals surface area (Å²) >= 11 is 5.84. The standard InChI is InChI=1S/C19H19ClN6O8S2.O3S/c1-25(8-9-35(29,30)31)19-23-17(10-12-4-2-3-5-16(12)36(32,33)34)22-18(24-19)21-13-6-7-14(20)15(11-13)26(27)28;1-4(2)3/h2-7,11H,8-10H2,1H3,(H,29,30,31)(H,32,33,34)(H,21,22,23,24);. The van der Waals surface area contributed by atoms with Crippen LogP contribution in [0, 0.1) is 10.1 Å². The minimum atomic E-state index is -4.55. The molecule has 0 aliphatic heterocycles. The van der Waals surface area contributed by atoms with Gasteiger partial charge in [0.1, 0.15) is 10.8 Å². The first kappa shape index (κ1) is 32.4. The maximum absolute atomic E-state index is 11.8. The number of aromatic nitrogens is 3. The van der Waals surface area contributed by atoms with Gasteiger partial charge >= 0.3 is 10.6 Å². The molecule has 1 heterocycles. The fourth-order valence-corrected chi connectivity index (χ4v) is 4.41. The fraction of sp³-hybridized carbons (Fsp3) is 0.211. The summed E-state index contributed by atoms with van der Waals surface area (Å²) in [5, 5.41) is 13.9. The van der Waals surface area contributed by atoms with Crippen LogP contribution in [0.2, 0.25) is 5.02 Å². The lowest BCUT2D eigenvalue weighted by Crippen LogP contribution is -2.27. The number of nitrogens with one attached hydrogen (secondary N) is 1. The predicted octanol–water partition coefficient (Wildman–Crippen LogP) is 1.33. The number of rotatable bonds is 10. The summed E-state index contributed by atoms with van der Waals surface area (Å²) in [4.78, 5) is 24.1. The number of hydrogen-bond donors (Lipinski definition) is 3. The van der Waals surface area contributed by atoms with Gasteiger partial charge in [0, 0.05) is 31.8 Å². The number of halogens is 1. The Morgan fingerprint density at radius 3 is 2.25 bits per heavy atom. The topological polar surface area (TPSA) is 257 Å². The summed E-state index contributed by atoms with van der Waals surface area (Å²) < 4.78 is 89.7. The first-order valence-corrected chi connectivity index (χ1v) is 14.8. The molecule has 0 saturated heterocycles. The Morgan fingerprint density at radius 1 is 1.05 bits per heavy atom. The van der Waals surface area contributed by atoms with Crippen molar-refractivity contribution in [2.24, 2.45) is 0 Å². The van der Waals surface area contributed by atoms with E-state index in [1.165, 1.54) is 42.3 Å². The van der Waals surface area contributed by atoms with Crippen LogP contribution in [0.3, 0.4) is 0 Å². The maximum Gasteiger partial charge on any atom is 0.425 e. The molecule has 0 bridgehead atoms. The van der Waals surface area contributed by atoms with Crippen molar-refractivity contribution in [3.8, 4) is 0 Å². The molecule has 2 aromatic carbocycles. The highest BCUT2D eigenvalue weighted by Gasteiger charge is 2.19. The second-order valence-corrected chi connectivity index (χ2v) is 11.4. The summed E-state index contributed by atoms with van der Waals surface area (Å²) in [5.74, 6) is -0.739. The second kappa shape index (κ2) is 13.5. The average molecular weight is 639 g/mol. The largest absolute Gasteiger partial charge is 0.425 e. The minimum Gasteiger partial charge on any atom is -0.343 e. The fourth-order valence-electron chi connectivity index (χ4n) is 3.00. The molecule has 0 radical (unpaired) electrons. The van der Waals surface area contributed by atoms with Crippen molar-refractivity contribution >= 4 is 65.7 Å². The van der Waals surface area contributed by atoms with E-state index < -0.39 is 41.5 Å². The smallest absolute Gasteiger partial charge is 0.343 e. The van der Waals surface area contributed by atoms with Gasteiger partial charge in [0.25, 0.3) is 25.9 Å². The molecule has 0 aliphatic carbocycles. The Bertz CT molecular complexity index is 1730. The number of nitro groups is 1. The molecule has 3 N–H and O–H groups in total. The number of anilines is 3.